The van der Waals surface area contributed by atoms with Gasteiger partial charge in [-0.3, -0.25) is 4.98 Å². The van der Waals surface area contributed by atoms with Crippen LogP contribution in [0.4, 0.5) is 0 Å². The van der Waals surface area contributed by atoms with E-state index in [2.05, 4.69) is 20.9 Å². The Kier molecular flexibility index (Phi) is 4.62. The largest absolute Gasteiger partial charge is 0.493 e. The van der Waals surface area contributed by atoms with Gasteiger partial charge in [0.05, 0.1) is 14.2 Å². The maximum Gasteiger partial charge on any atom is 0.161 e. The number of halogens is 1. The normalized spacial score (nSPS) is 12.1. The Balaban J connectivity index is 2.43. The lowest BCUT2D eigenvalue weighted by Crippen LogP contribution is -2.03. The Hall–Kier alpha value is -1.59. The van der Waals surface area contributed by atoms with Gasteiger partial charge in [0.25, 0.3) is 0 Å². The second-order valence-corrected chi connectivity index (χ2v) is 5.22. The first-order valence-corrected chi connectivity index (χ1v) is 6.88. The number of pyridine rings is 1. The van der Waals surface area contributed by atoms with Gasteiger partial charge >= 0.3 is 0 Å². The van der Waals surface area contributed by atoms with E-state index in [-0.39, 0.29) is 0 Å². The summed E-state index contributed by atoms with van der Waals surface area (Å²) in [6, 6.07) is 7.26. The summed E-state index contributed by atoms with van der Waals surface area (Å²) in [4.78, 5) is 4.20. The van der Waals surface area contributed by atoms with Crippen molar-refractivity contribution < 1.29 is 14.6 Å². The summed E-state index contributed by atoms with van der Waals surface area (Å²) in [5, 5.41) is 10.5. The fraction of sp³-hybridized carbons (Fsp3) is 0.267. The third-order valence-electron chi connectivity index (χ3n) is 3.05. The zero-order chi connectivity index (χ0) is 14.7. The Labute approximate surface area is 126 Å². The van der Waals surface area contributed by atoms with Crippen molar-refractivity contribution in [1.82, 2.24) is 4.98 Å². The first-order valence-electron chi connectivity index (χ1n) is 6.09. The standard InChI is InChI=1S/C15H16BrNO3/c1-9-4-5-10(8-17-9)15(18)11-6-13(19-2)14(20-3)7-12(11)16/h4-8,15,18H,1-3H3. The average Bonchev–Trinajstić information content (AvgIpc) is 2.47. The summed E-state index contributed by atoms with van der Waals surface area (Å²) in [6.45, 7) is 1.91. The molecule has 0 fully saturated rings. The molecule has 1 aromatic carbocycles. The minimum Gasteiger partial charge on any atom is -0.493 e. The van der Waals surface area contributed by atoms with Crippen molar-refractivity contribution in [3.63, 3.8) is 0 Å². The maximum absolute atomic E-state index is 10.5. The molecule has 5 heteroatoms. The molecule has 1 N–H and O–H groups in total. The average molecular weight is 338 g/mol. The summed E-state index contributed by atoms with van der Waals surface area (Å²) >= 11 is 3.45. The van der Waals surface area contributed by atoms with E-state index in [1.165, 1.54) is 0 Å². The van der Waals surface area contributed by atoms with Crippen molar-refractivity contribution in [2.75, 3.05) is 14.2 Å². The minimum atomic E-state index is -0.780. The molecule has 0 aliphatic heterocycles. The van der Waals surface area contributed by atoms with Crippen LogP contribution in [0.15, 0.2) is 34.9 Å². The highest BCUT2D eigenvalue weighted by Gasteiger charge is 2.18. The molecule has 106 valence electrons. The van der Waals surface area contributed by atoms with Crippen molar-refractivity contribution in [2.45, 2.75) is 13.0 Å². The van der Waals surface area contributed by atoms with Gasteiger partial charge in [-0.05, 0) is 25.1 Å². The van der Waals surface area contributed by atoms with Crippen molar-refractivity contribution in [3.8, 4) is 11.5 Å². The first-order chi connectivity index (χ1) is 9.56. The number of aromatic nitrogens is 1. The molecule has 1 heterocycles. The Bertz CT molecular complexity index is 599. The predicted octanol–water partition coefficient (Wildman–Crippen LogP) is 3.25. The number of rotatable bonds is 4. The van der Waals surface area contributed by atoms with Crippen LogP contribution in [0.5, 0.6) is 11.5 Å². The Morgan fingerprint density at radius 3 is 2.35 bits per heavy atom. The molecule has 0 bridgehead atoms. The number of benzene rings is 1. The predicted molar refractivity (Wildman–Crippen MR) is 80.3 cm³/mol. The lowest BCUT2D eigenvalue weighted by molar-refractivity contribution is 0.218. The molecule has 0 spiro atoms. The van der Waals surface area contributed by atoms with Crippen LogP contribution in [0.3, 0.4) is 0 Å². The first kappa shape index (κ1) is 14.8. The van der Waals surface area contributed by atoms with Gasteiger partial charge in [-0.1, -0.05) is 22.0 Å². The van der Waals surface area contributed by atoms with E-state index in [1.807, 2.05) is 19.1 Å². The van der Waals surface area contributed by atoms with Gasteiger partial charge in [0.2, 0.25) is 0 Å². The highest BCUT2D eigenvalue weighted by Crippen LogP contribution is 2.37. The van der Waals surface area contributed by atoms with Crippen LogP contribution in [0.2, 0.25) is 0 Å². The summed E-state index contributed by atoms with van der Waals surface area (Å²) in [7, 11) is 3.14. The highest BCUT2D eigenvalue weighted by atomic mass is 79.9. The van der Waals surface area contributed by atoms with Crippen LogP contribution in [-0.4, -0.2) is 24.3 Å². The highest BCUT2D eigenvalue weighted by molar-refractivity contribution is 9.10. The molecule has 1 atom stereocenters. The zero-order valence-electron chi connectivity index (χ0n) is 11.6. The summed E-state index contributed by atoms with van der Waals surface area (Å²) in [5.41, 5.74) is 2.34. The van der Waals surface area contributed by atoms with E-state index in [0.29, 0.717) is 17.1 Å². The number of nitrogens with zero attached hydrogens (tertiary/aromatic N) is 1. The molecule has 0 aliphatic rings. The lowest BCUT2D eigenvalue weighted by atomic mass is 10.0. The summed E-state index contributed by atoms with van der Waals surface area (Å²) in [5.74, 6) is 1.18. The molecular formula is C15H16BrNO3. The van der Waals surface area contributed by atoms with E-state index in [0.717, 1.165) is 15.7 Å². The fourth-order valence-corrected chi connectivity index (χ4v) is 2.44. The second kappa shape index (κ2) is 6.24. The molecule has 20 heavy (non-hydrogen) atoms. The number of aliphatic hydroxyl groups excluding tert-OH is 1. The van der Waals surface area contributed by atoms with Crippen LogP contribution >= 0.6 is 15.9 Å². The lowest BCUT2D eigenvalue weighted by Gasteiger charge is -2.16. The van der Waals surface area contributed by atoms with E-state index in [1.54, 1.807) is 32.5 Å². The Morgan fingerprint density at radius 2 is 1.80 bits per heavy atom. The topological polar surface area (TPSA) is 51.6 Å². The number of aryl methyl sites for hydroxylation is 1. The SMILES string of the molecule is COc1cc(Br)c(C(O)c2ccc(C)nc2)cc1OC. The summed E-state index contributed by atoms with van der Waals surface area (Å²) < 4.78 is 11.2. The quantitative estimate of drug-likeness (QED) is 0.930. The molecule has 0 radical (unpaired) electrons. The molecule has 0 amide bonds. The Morgan fingerprint density at radius 1 is 1.15 bits per heavy atom. The molecule has 4 nitrogen and oxygen atoms in total. The monoisotopic (exact) mass is 337 g/mol. The molecular weight excluding hydrogens is 322 g/mol. The number of methoxy groups -OCH3 is 2. The van der Waals surface area contributed by atoms with Crippen LogP contribution < -0.4 is 9.47 Å². The van der Waals surface area contributed by atoms with Gasteiger partial charge in [-0.15, -0.1) is 0 Å². The van der Waals surface area contributed by atoms with E-state index < -0.39 is 6.10 Å². The molecule has 1 unspecified atom stereocenters. The van der Waals surface area contributed by atoms with Gasteiger partial charge in [0.15, 0.2) is 11.5 Å². The number of hydrogen-bond donors (Lipinski definition) is 1. The van der Waals surface area contributed by atoms with Gasteiger partial charge < -0.3 is 14.6 Å². The second-order valence-electron chi connectivity index (χ2n) is 4.36. The van der Waals surface area contributed by atoms with E-state index in [4.69, 9.17) is 9.47 Å². The van der Waals surface area contributed by atoms with E-state index in [9.17, 15) is 5.11 Å². The number of hydrogen-bond acceptors (Lipinski definition) is 4. The maximum atomic E-state index is 10.5. The molecule has 2 aromatic rings. The van der Waals surface area contributed by atoms with Gasteiger partial charge in [-0.2, -0.15) is 0 Å². The fourth-order valence-electron chi connectivity index (χ4n) is 1.90. The molecule has 1 aromatic heterocycles. The third kappa shape index (κ3) is 2.94. The number of aliphatic hydroxyl groups is 1. The van der Waals surface area contributed by atoms with Crippen molar-refractivity contribution in [2.24, 2.45) is 0 Å². The number of ether oxygens (including phenoxy) is 2. The smallest absolute Gasteiger partial charge is 0.161 e. The summed E-state index contributed by atoms with van der Waals surface area (Å²) in [6.07, 6.45) is 0.889. The third-order valence-corrected chi connectivity index (χ3v) is 3.73. The minimum absolute atomic E-state index is 0.574. The molecule has 0 saturated carbocycles. The van der Waals surface area contributed by atoms with Crippen LogP contribution in [0.1, 0.15) is 22.9 Å². The van der Waals surface area contributed by atoms with Crippen molar-refractivity contribution >= 4 is 15.9 Å². The molecule has 2 rings (SSSR count). The van der Waals surface area contributed by atoms with Gasteiger partial charge in [-0.25, -0.2) is 0 Å². The van der Waals surface area contributed by atoms with Crippen LogP contribution in [0, 0.1) is 6.92 Å². The van der Waals surface area contributed by atoms with Crippen molar-refractivity contribution in [1.29, 1.82) is 0 Å². The van der Waals surface area contributed by atoms with Gasteiger partial charge in [0, 0.05) is 27.5 Å². The van der Waals surface area contributed by atoms with Crippen LogP contribution in [0.25, 0.3) is 0 Å². The molecule has 0 aliphatic carbocycles. The van der Waals surface area contributed by atoms with Crippen molar-refractivity contribution in [3.05, 3.63) is 51.8 Å². The van der Waals surface area contributed by atoms with Gasteiger partial charge in [0.1, 0.15) is 6.10 Å². The zero-order valence-corrected chi connectivity index (χ0v) is 13.1. The van der Waals surface area contributed by atoms with Crippen LogP contribution in [-0.2, 0) is 0 Å². The molecule has 0 saturated heterocycles. The van der Waals surface area contributed by atoms with E-state index >= 15 is 0 Å².